The molecule has 1 aromatic carbocycles. The van der Waals surface area contributed by atoms with Crippen LogP contribution in [0.2, 0.25) is 0 Å². The maximum atomic E-state index is 12.0. The molecule has 0 atom stereocenters. The summed E-state index contributed by atoms with van der Waals surface area (Å²) in [5.41, 5.74) is 0.813. The number of allylic oxidation sites excluding steroid dienone is 2. The fourth-order valence-corrected chi connectivity index (χ4v) is 2.07. The van der Waals surface area contributed by atoms with Crippen LogP contribution in [0.15, 0.2) is 47.8 Å². The lowest BCUT2D eigenvalue weighted by Crippen LogP contribution is -2.29. The van der Waals surface area contributed by atoms with Crippen LogP contribution in [0.1, 0.15) is 26.7 Å². The van der Waals surface area contributed by atoms with E-state index in [9.17, 15) is 14.4 Å². The number of rotatable bonds is 7. The molecule has 0 saturated carbocycles. The molecule has 2 N–H and O–H groups in total. The number of benzene rings is 1. The molecular formula is C18H20N2O4. The van der Waals surface area contributed by atoms with Gasteiger partial charge in [-0.15, -0.1) is 0 Å². The van der Waals surface area contributed by atoms with Crippen molar-refractivity contribution in [3.05, 3.63) is 47.8 Å². The molecule has 0 spiro atoms. The second-order valence-electron chi connectivity index (χ2n) is 5.38. The molecule has 2 rings (SSSR count). The summed E-state index contributed by atoms with van der Waals surface area (Å²) >= 11 is 0. The van der Waals surface area contributed by atoms with E-state index in [0.29, 0.717) is 12.3 Å². The summed E-state index contributed by atoms with van der Waals surface area (Å²) < 4.78 is 5.57. The minimum Gasteiger partial charge on any atom is -0.494 e. The van der Waals surface area contributed by atoms with E-state index in [0.717, 1.165) is 24.7 Å². The SMILES string of the molecule is CCCCOc1ccc(NC2=CC(=O)C(NC(C)=O)=CC2=O)cc1. The van der Waals surface area contributed by atoms with Gasteiger partial charge in [-0.3, -0.25) is 14.4 Å². The molecule has 6 nitrogen and oxygen atoms in total. The van der Waals surface area contributed by atoms with Gasteiger partial charge in [-0.05, 0) is 30.7 Å². The van der Waals surface area contributed by atoms with E-state index in [2.05, 4.69) is 17.6 Å². The van der Waals surface area contributed by atoms with Gasteiger partial charge in [0.1, 0.15) is 5.75 Å². The van der Waals surface area contributed by atoms with Crippen LogP contribution in [0, 0.1) is 0 Å². The van der Waals surface area contributed by atoms with Crippen molar-refractivity contribution in [2.45, 2.75) is 26.7 Å². The molecule has 126 valence electrons. The highest BCUT2D eigenvalue weighted by Crippen LogP contribution is 2.19. The third-order valence-electron chi connectivity index (χ3n) is 3.29. The van der Waals surface area contributed by atoms with E-state index in [-0.39, 0.29) is 17.2 Å². The molecule has 6 heteroatoms. The zero-order chi connectivity index (χ0) is 17.5. The highest BCUT2D eigenvalue weighted by molar-refractivity contribution is 6.21. The van der Waals surface area contributed by atoms with Crippen molar-refractivity contribution >= 4 is 23.2 Å². The maximum Gasteiger partial charge on any atom is 0.221 e. The number of ether oxygens (including phenoxy) is 1. The zero-order valence-electron chi connectivity index (χ0n) is 13.7. The summed E-state index contributed by atoms with van der Waals surface area (Å²) in [4.78, 5) is 34.9. The molecular weight excluding hydrogens is 308 g/mol. The Morgan fingerprint density at radius 2 is 1.67 bits per heavy atom. The molecule has 0 heterocycles. The summed E-state index contributed by atoms with van der Waals surface area (Å²) in [5.74, 6) is -0.443. The molecule has 0 unspecified atom stereocenters. The summed E-state index contributed by atoms with van der Waals surface area (Å²) in [6, 6.07) is 7.14. The number of amides is 1. The Hall–Kier alpha value is -2.89. The van der Waals surface area contributed by atoms with Gasteiger partial charge >= 0.3 is 0 Å². The number of carbonyl (C=O) groups is 3. The van der Waals surface area contributed by atoms with Gasteiger partial charge in [0.05, 0.1) is 18.0 Å². The molecule has 0 saturated heterocycles. The Labute approximate surface area is 140 Å². The largest absolute Gasteiger partial charge is 0.494 e. The fourth-order valence-electron chi connectivity index (χ4n) is 2.07. The summed E-state index contributed by atoms with van der Waals surface area (Å²) in [7, 11) is 0. The molecule has 1 amide bonds. The van der Waals surface area contributed by atoms with Crippen molar-refractivity contribution in [2.75, 3.05) is 11.9 Å². The van der Waals surface area contributed by atoms with Gasteiger partial charge in [0, 0.05) is 24.8 Å². The van der Waals surface area contributed by atoms with Crippen LogP contribution >= 0.6 is 0 Å². The van der Waals surface area contributed by atoms with Gasteiger partial charge in [-0.25, -0.2) is 0 Å². The first kappa shape index (κ1) is 17.5. The lowest BCUT2D eigenvalue weighted by atomic mass is 10.1. The first-order chi connectivity index (χ1) is 11.5. The lowest BCUT2D eigenvalue weighted by Gasteiger charge is -2.14. The number of unbranched alkanes of at least 4 members (excludes halogenated alkanes) is 1. The van der Waals surface area contributed by atoms with E-state index in [1.807, 2.05) is 0 Å². The summed E-state index contributed by atoms with van der Waals surface area (Å²) in [6.07, 6.45) is 4.36. The monoisotopic (exact) mass is 328 g/mol. The molecule has 0 fully saturated rings. The second kappa shape index (κ2) is 8.10. The molecule has 1 aliphatic rings. The summed E-state index contributed by atoms with van der Waals surface area (Å²) in [5, 5.41) is 5.25. The lowest BCUT2D eigenvalue weighted by molar-refractivity contribution is -0.120. The van der Waals surface area contributed by atoms with Crippen LogP contribution in [0.25, 0.3) is 0 Å². The first-order valence-corrected chi connectivity index (χ1v) is 7.79. The molecule has 24 heavy (non-hydrogen) atoms. The fraction of sp³-hybridized carbons (Fsp3) is 0.278. The molecule has 1 aliphatic carbocycles. The molecule has 0 aromatic heterocycles. The predicted molar refractivity (Wildman–Crippen MR) is 90.5 cm³/mol. The number of ketones is 2. The quantitative estimate of drug-likeness (QED) is 0.593. The third-order valence-corrected chi connectivity index (χ3v) is 3.29. The van der Waals surface area contributed by atoms with Crippen LogP contribution in [-0.2, 0) is 14.4 Å². The van der Waals surface area contributed by atoms with Gasteiger partial charge < -0.3 is 15.4 Å². The molecule has 1 aromatic rings. The maximum absolute atomic E-state index is 12.0. The highest BCUT2D eigenvalue weighted by atomic mass is 16.5. The third kappa shape index (κ3) is 4.81. The first-order valence-electron chi connectivity index (χ1n) is 7.79. The van der Waals surface area contributed by atoms with Crippen molar-refractivity contribution in [1.29, 1.82) is 0 Å². The number of hydrogen-bond acceptors (Lipinski definition) is 5. The van der Waals surface area contributed by atoms with Crippen molar-refractivity contribution in [3.63, 3.8) is 0 Å². The smallest absolute Gasteiger partial charge is 0.221 e. The van der Waals surface area contributed by atoms with E-state index in [1.54, 1.807) is 24.3 Å². The minimum absolute atomic E-state index is 0.0160. The zero-order valence-corrected chi connectivity index (χ0v) is 13.7. The van der Waals surface area contributed by atoms with E-state index in [1.165, 1.54) is 13.0 Å². The Bertz CT molecular complexity index is 702. The van der Waals surface area contributed by atoms with Gasteiger partial charge in [-0.1, -0.05) is 13.3 Å². The Kier molecular flexibility index (Phi) is 5.89. The van der Waals surface area contributed by atoms with Crippen molar-refractivity contribution < 1.29 is 19.1 Å². The average Bonchev–Trinajstić information content (AvgIpc) is 2.53. The number of anilines is 1. The van der Waals surface area contributed by atoms with Crippen LogP contribution in [0.5, 0.6) is 5.75 Å². The van der Waals surface area contributed by atoms with Crippen LogP contribution in [-0.4, -0.2) is 24.1 Å². The Balaban J connectivity index is 2.00. The molecule has 0 radical (unpaired) electrons. The van der Waals surface area contributed by atoms with E-state index < -0.39 is 11.7 Å². The number of carbonyl (C=O) groups excluding carboxylic acids is 3. The Morgan fingerprint density at radius 1 is 1.04 bits per heavy atom. The number of hydrogen-bond donors (Lipinski definition) is 2. The molecule has 0 bridgehead atoms. The van der Waals surface area contributed by atoms with E-state index >= 15 is 0 Å². The van der Waals surface area contributed by atoms with Gasteiger partial charge in [0.2, 0.25) is 17.5 Å². The van der Waals surface area contributed by atoms with Crippen molar-refractivity contribution in [1.82, 2.24) is 5.32 Å². The average molecular weight is 328 g/mol. The molecule has 0 aliphatic heterocycles. The van der Waals surface area contributed by atoms with Crippen molar-refractivity contribution in [3.8, 4) is 5.75 Å². The van der Waals surface area contributed by atoms with Crippen LogP contribution < -0.4 is 15.4 Å². The van der Waals surface area contributed by atoms with Gasteiger partial charge in [0.15, 0.2) is 0 Å². The van der Waals surface area contributed by atoms with Crippen molar-refractivity contribution in [2.24, 2.45) is 0 Å². The van der Waals surface area contributed by atoms with Gasteiger partial charge in [0.25, 0.3) is 0 Å². The topological polar surface area (TPSA) is 84.5 Å². The number of nitrogens with one attached hydrogen (secondary N) is 2. The highest BCUT2D eigenvalue weighted by Gasteiger charge is 2.21. The summed E-state index contributed by atoms with van der Waals surface area (Å²) in [6.45, 7) is 4.04. The Morgan fingerprint density at radius 3 is 2.29 bits per heavy atom. The second-order valence-corrected chi connectivity index (χ2v) is 5.38. The minimum atomic E-state index is -0.424. The van der Waals surface area contributed by atoms with Crippen LogP contribution in [0.4, 0.5) is 5.69 Å². The van der Waals surface area contributed by atoms with Gasteiger partial charge in [-0.2, -0.15) is 0 Å². The predicted octanol–water partition coefficient (Wildman–Crippen LogP) is 2.33. The normalized spacial score (nSPS) is 13.9. The van der Waals surface area contributed by atoms with E-state index in [4.69, 9.17) is 4.74 Å². The van der Waals surface area contributed by atoms with Crippen LogP contribution in [0.3, 0.4) is 0 Å². The standard InChI is InChI=1S/C18H20N2O4/c1-3-4-9-24-14-7-5-13(6-8-14)20-16-11-17(22)15(10-18(16)23)19-12(2)21/h5-8,10-11,20H,3-4,9H2,1-2H3,(H,19,21).